The number of carbonyl (C=O) groups is 1. The van der Waals surface area contributed by atoms with E-state index in [-0.39, 0.29) is 11.6 Å². The molecule has 4 heteroatoms. The van der Waals surface area contributed by atoms with Gasteiger partial charge in [-0.3, -0.25) is 4.90 Å². The molecule has 2 aliphatic rings. The Hall–Kier alpha value is -1.71. The number of nitrogens with zero attached hydrogens (tertiary/aromatic N) is 1. The summed E-state index contributed by atoms with van der Waals surface area (Å²) in [7, 11) is 0. The lowest BCUT2D eigenvalue weighted by molar-refractivity contribution is 0.173. The molecule has 1 aromatic carbocycles. The number of hydrogen-bond donors (Lipinski definition) is 1. The third kappa shape index (κ3) is 1.47. The molecule has 0 aromatic heterocycles. The number of nitrogen functional groups attached to an aromatic ring is 1. The first-order valence-electron chi connectivity index (χ1n) is 6.04. The molecule has 2 fully saturated rings. The fourth-order valence-corrected chi connectivity index (χ4v) is 2.96. The molecule has 1 heterocycles. The van der Waals surface area contributed by atoms with Gasteiger partial charge in [0, 0.05) is 0 Å². The van der Waals surface area contributed by atoms with Crippen LogP contribution in [0.3, 0.4) is 0 Å². The molecule has 1 amide bonds. The number of para-hydroxylation sites is 2. The summed E-state index contributed by atoms with van der Waals surface area (Å²) in [6.07, 6.45) is 4.06. The Morgan fingerprint density at radius 2 is 1.94 bits per heavy atom. The van der Waals surface area contributed by atoms with Gasteiger partial charge in [0.1, 0.15) is 6.61 Å². The first-order chi connectivity index (χ1) is 8.23. The van der Waals surface area contributed by atoms with Crippen molar-refractivity contribution in [1.82, 2.24) is 0 Å². The largest absolute Gasteiger partial charge is 0.447 e. The van der Waals surface area contributed by atoms with Gasteiger partial charge in [0.05, 0.1) is 16.9 Å². The summed E-state index contributed by atoms with van der Waals surface area (Å²) in [6.45, 7) is 0.500. The lowest BCUT2D eigenvalue weighted by atomic mass is 9.96. The molecule has 90 valence electrons. The molecule has 1 saturated heterocycles. The Kier molecular flexibility index (Phi) is 2.24. The molecule has 1 aromatic rings. The van der Waals surface area contributed by atoms with Crippen molar-refractivity contribution in [3.63, 3.8) is 0 Å². The smallest absolute Gasteiger partial charge is 0.415 e. The van der Waals surface area contributed by atoms with Gasteiger partial charge >= 0.3 is 6.09 Å². The van der Waals surface area contributed by atoms with Gasteiger partial charge in [0.25, 0.3) is 0 Å². The third-order valence-electron chi connectivity index (χ3n) is 3.83. The van der Waals surface area contributed by atoms with Crippen molar-refractivity contribution in [1.29, 1.82) is 0 Å². The van der Waals surface area contributed by atoms with E-state index in [4.69, 9.17) is 10.5 Å². The van der Waals surface area contributed by atoms with Crippen LogP contribution in [-0.2, 0) is 4.74 Å². The Bertz CT molecular complexity index is 452. The van der Waals surface area contributed by atoms with Crippen molar-refractivity contribution >= 4 is 17.5 Å². The summed E-state index contributed by atoms with van der Waals surface area (Å²) in [4.78, 5) is 13.7. The predicted octanol–water partition coefficient (Wildman–Crippen LogP) is 2.54. The maximum atomic E-state index is 11.9. The molecule has 0 radical (unpaired) electrons. The van der Waals surface area contributed by atoms with Crippen LogP contribution in [0.1, 0.15) is 25.7 Å². The van der Waals surface area contributed by atoms with E-state index in [0.717, 1.165) is 31.4 Å². The molecular weight excluding hydrogens is 216 g/mol. The zero-order valence-electron chi connectivity index (χ0n) is 9.69. The standard InChI is InChI=1S/C13H16N2O2/c14-10-5-1-2-6-11(10)15-12(16)17-9-13(15)7-3-4-8-13/h1-2,5-6H,3-4,7-9,14H2. The monoisotopic (exact) mass is 232 g/mol. The molecule has 1 spiro atoms. The molecule has 0 unspecified atom stereocenters. The van der Waals surface area contributed by atoms with E-state index in [2.05, 4.69) is 0 Å². The van der Waals surface area contributed by atoms with Crippen molar-refractivity contribution in [2.45, 2.75) is 31.2 Å². The molecule has 17 heavy (non-hydrogen) atoms. The van der Waals surface area contributed by atoms with E-state index in [0.29, 0.717) is 12.3 Å². The highest BCUT2D eigenvalue weighted by Crippen LogP contribution is 2.43. The summed E-state index contributed by atoms with van der Waals surface area (Å²) in [6, 6.07) is 7.49. The molecule has 1 aliphatic carbocycles. The van der Waals surface area contributed by atoms with Gasteiger partial charge in [0.15, 0.2) is 0 Å². The van der Waals surface area contributed by atoms with Crippen molar-refractivity contribution in [2.24, 2.45) is 0 Å². The van der Waals surface area contributed by atoms with Crippen LogP contribution in [0.4, 0.5) is 16.2 Å². The van der Waals surface area contributed by atoms with Crippen LogP contribution in [0.15, 0.2) is 24.3 Å². The van der Waals surface area contributed by atoms with Gasteiger partial charge in [-0.25, -0.2) is 4.79 Å². The molecule has 0 bridgehead atoms. The van der Waals surface area contributed by atoms with Gasteiger partial charge in [-0.1, -0.05) is 25.0 Å². The minimum Gasteiger partial charge on any atom is -0.447 e. The first kappa shape index (κ1) is 10.4. The number of ether oxygens (including phenoxy) is 1. The van der Waals surface area contributed by atoms with Gasteiger partial charge in [-0.15, -0.1) is 0 Å². The van der Waals surface area contributed by atoms with Gasteiger partial charge in [-0.2, -0.15) is 0 Å². The minimum atomic E-state index is -0.259. The SMILES string of the molecule is Nc1ccccc1N1C(=O)OCC12CCCC2. The van der Waals surface area contributed by atoms with E-state index < -0.39 is 0 Å². The number of rotatable bonds is 1. The Morgan fingerprint density at radius 1 is 1.24 bits per heavy atom. The maximum Gasteiger partial charge on any atom is 0.415 e. The number of cyclic esters (lactones) is 1. The zero-order chi connectivity index (χ0) is 11.9. The van der Waals surface area contributed by atoms with Gasteiger partial charge < -0.3 is 10.5 Å². The number of benzene rings is 1. The second-order valence-electron chi connectivity index (χ2n) is 4.88. The van der Waals surface area contributed by atoms with Crippen molar-refractivity contribution in [2.75, 3.05) is 17.2 Å². The van der Waals surface area contributed by atoms with E-state index in [9.17, 15) is 4.79 Å². The van der Waals surface area contributed by atoms with Crippen LogP contribution in [0.2, 0.25) is 0 Å². The van der Waals surface area contributed by atoms with Crippen LogP contribution in [0, 0.1) is 0 Å². The highest BCUT2D eigenvalue weighted by molar-refractivity contribution is 5.95. The number of carbonyl (C=O) groups excluding carboxylic acids is 1. The number of amides is 1. The van der Waals surface area contributed by atoms with E-state index in [1.165, 1.54) is 0 Å². The van der Waals surface area contributed by atoms with Crippen LogP contribution in [-0.4, -0.2) is 18.2 Å². The third-order valence-corrected chi connectivity index (χ3v) is 3.83. The normalized spacial score (nSPS) is 22.1. The van der Waals surface area contributed by atoms with Crippen molar-refractivity contribution in [3.05, 3.63) is 24.3 Å². The first-order valence-corrected chi connectivity index (χ1v) is 6.04. The van der Waals surface area contributed by atoms with Crippen molar-refractivity contribution < 1.29 is 9.53 Å². The number of hydrogen-bond acceptors (Lipinski definition) is 3. The molecule has 2 N–H and O–H groups in total. The van der Waals surface area contributed by atoms with Crippen molar-refractivity contribution in [3.8, 4) is 0 Å². The number of nitrogens with two attached hydrogens (primary N) is 1. The van der Waals surface area contributed by atoms with Crippen LogP contribution < -0.4 is 10.6 Å². The highest BCUT2D eigenvalue weighted by Gasteiger charge is 2.50. The second kappa shape index (κ2) is 3.65. The average Bonchev–Trinajstić information content (AvgIpc) is 2.90. The Labute approximate surface area is 100 Å². The summed E-state index contributed by atoms with van der Waals surface area (Å²) < 4.78 is 5.24. The maximum absolute atomic E-state index is 11.9. The quantitative estimate of drug-likeness (QED) is 0.757. The minimum absolute atomic E-state index is 0.146. The van der Waals surface area contributed by atoms with Crippen LogP contribution >= 0.6 is 0 Å². The fourth-order valence-electron chi connectivity index (χ4n) is 2.96. The Morgan fingerprint density at radius 3 is 2.65 bits per heavy atom. The van der Waals surface area contributed by atoms with Crippen LogP contribution in [0.5, 0.6) is 0 Å². The van der Waals surface area contributed by atoms with E-state index in [1.807, 2.05) is 24.3 Å². The van der Waals surface area contributed by atoms with Gasteiger partial charge in [0.2, 0.25) is 0 Å². The topological polar surface area (TPSA) is 55.6 Å². The van der Waals surface area contributed by atoms with Gasteiger partial charge in [-0.05, 0) is 25.0 Å². The fraction of sp³-hybridized carbons (Fsp3) is 0.462. The molecule has 4 nitrogen and oxygen atoms in total. The van der Waals surface area contributed by atoms with E-state index in [1.54, 1.807) is 4.90 Å². The Balaban J connectivity index is 2.05. The molecular formula is C13H16N2O2. The second-order valence-corrected chi connectivity index (χ2v) is 4.88. The van der Waals surface area contributed by atoms with E-state index >= 15 is 0 Å². The number of anilines is 2. The average molecular weight is 232 g/mol. The molecule has 0 atom stereocenters. The summed E-state index contributed by atoms with van der Waals surface area (Å²) >= 11 is 0. The summed E-state index contributed by atoms with van der Waals surface area (Å²) in [5.74, 6) is 0. The lowest BCUT2D eigenvalue weighted by Gasteiger charge is -2.32. The highest BCUT2D eigenvalue weighted by atomic mass is 16.6. The predicted molar refractivity (Wildman–Crippen MR) is 65.9 cm³/mol. The zero-order valence-corrected chi connectivity index (χ0v) is 9.69. The summed E-state index contributed by atoms with van der Waals surface area (Å²) in [5, 5.41) is 0. The lowest BCUT2D eigenvalue weighted by Crippen LogP contribution is -2.45. The molecule has 3 rings (SSSR count). The molecule has 1 saturated carbocycles. The van der Waals surface area contributed by atoms with Crippen LogP contribution in [0.25, 0.3) is 0 Å². The summed E-state index contributed by atoms with van der Waals surface area (Å²) in [5.41, 5.74) is 7.24. The molecule has 1 aliphatic heterocycles.